The van der Waals surface area contributed by atoms with Crippen molar-refractivity contribution in [3.63, 3.8) is 0 Å². The molecule has 1 fully saturated rings. The summed E-state index contributed by atoms with van der Waals surface area (Å²) < 4.78 is 11.3. The van der Waals surface area contributed by atoms with Crippen LogP contribution >= 0.6 is 12.4 Å². The van der Waals surface area contributed by atoms with Crippen LogP contribution in [0.4, 0.5) is 0 Å². The molecule has 2 unspecified atom stereocenters. The fraction of sp³-hybridized carbons (Fsp3) is 0.538. The second-order valence-electron chi connectivity index (χ2n) is 4.53. The number of rotatable bonds is 2. The summed E-state index contributed by atoms with van der Waals surface area (Å²) in [7, 11) is 1.69. The van der Waals surface area contributed by atoms with Crippen molar-refractivity contribution >= 4 is 12.4 Å². The van der Waals surface area contributed by atoms with Crippen LogP contribution in [-0.2, 0) is 10.5 Å². The summed E-state index contributed by atoms with van der Waals surface area (Å²) in [6, 6.07) is 7.98. The van der Waals surface area contributed by atoms with Crippen molar-refractivity contribution < 1.29 is 9.47 Å². The number of hydrogen-bond acceptors (Lipinski definition) is 3. The molecule has 17 heavy (non-hydrogen) atoms. The molecule has 1 aromatic rings. The summed E-state index contributed by atoms with van der Waals surface area (Å²) in [6.45, 7) is 5.97. The summed E-state index contributed by atoms with van der Waals surface area (Å²) >= 11 is 0. The minimum Gasteiger partial charge on any atom is -0.496 e. The number of hydrogen-bond donors (Lipinski definition) is 1. The van der Waals surface area contributed by atoms with Crippen molar-refractivity contribution in [2.24, 2.45) is 5.92 Å². The van der Waals surface area contributed by atoms with Crippen molar-refractivity contribution in [2.45, 2.75) is 19.6 Å². The van der Waals surface area contributed by atoms with E-state index in [1.807, 2.05) is 24.3 Å². The van der Waals surface area contributed by atoms with Gasteiger partial charge >= 0.3 is 0 Å². The zero-order chi connectivity index (χ0) is 11.6. The highest BCUT2D eigenvalue weighted by Gasteiger charge is 2.34. The molecule has 0 radical (unpaired) electrons. The number of ether oxygens (including phenoxy) is 2. The van der Waals surface area contributed by atoms with Crippen LogP contribution in [0.1, 0.15) is 19.4 Å². The summed E-state index contributed by atoms with van der Waals surface area (Å²) in [5.74, 6) is 1.43. The summed E-state index contributed by atoms with van der Waals surface area (Å²) in [6.07, 6.45) is 0. The molecule has 1 aromatic carbocycles. The van der Waals surface area contributed by atoms with Gasteiger partial charge in [-0.2, -0.15) is 0 Å². The normalized spacial score (nSPS) is 28.3. The minimum absolute atomic E-state index is 0. The summed E-state index contributed by atoms with van der Waals surface area (Å²) in [4.78, 5) is 0. The van der Waals surface area contributed by atoms with Gasteiger partial charge in [0.15, 0.2) is 0 Å². The van der Waals surface area contributed by atoms with E-state index in [0.717, 1.165) is 24.5 Å². The number of halogens is 1. The van der Waals surface area contributed by atoms with Crippen LogP contribution in [-0.4, -0.2) is 20.3 Å². The third-order valence-corrected chi connectivity index (χ3v) is 3.07. The molecular weight excluding hydrogens is 238 g/mol. The molecule has 0 spiro atoms. The third-order valence-electron chi connectivity index (χ3n) is 3.07. The van der Waals surface area contributed by atoms with Crippen LogP contribution in [0.2, 0.25) is 0 Å². The van der Waals surface area contributed by atoms with Gasteiger partial charge in [0.05, 0.1) is 13.7 Å². The van der Waals surface area contributed by atoms with Crippen LogP contribution in [0.3, 0.4) is 0 Å². The minimum atomic E-state index is -0.431. The highest BCUT2D eigenvalue weighted by Crippen LogP contribution is 2.32. The van der Waals surface area contributed by atoms with Gasteiger partial charge in [0, 0.05) is 12.1 Å². The Morgan fingerprint density at radius 3 is 2.71 bits per heavy atom. The van der Waals surface area contributed by atoms with Crippen molar-refractivity contribution in [2.75, 3.05) is 20.3 Å². The van der Waals surface area contributed by atoms with Crippen molar-refractivity contribution in [1.82, 2.24) is 5.32 Å². The lowest BCUT2D eigenvalue weighted by molar-refractivity contribution is -0.107. The molecule has 0 aromatic heterocycles. The van der Waals surface area contributed by atoms with E-state index in [4.69, 9.17) is 9.47 Å². The van der Waals surface area contributed by atoms with E-state index in [1.165, 1.54) is 0 Å². The molecule has 2 rings (SSSR count). The average molecular weight is 258 g/mol. The van der Waals surface area contributed by atoms with E-state index in [-0.39, 0.29) is 12.4 Å². The number of nitrogens with one attached hydrogen (secondary N) is 1. The second kappa shape index (κ2) is 5.71. The van der Waals surface area contributed by atoms with E-state index in [0.29, 0.717) is 5.92 Å². The maximum absolute atomic E-state index is 5.92. The first-order valence-electron chi connectivity index (χ1n) is 5.68. The molecule has 2 atom stereocenters. The highest BCUT2D eigenvalue weighted by molar-refractivity contribution is 5.85. The molecular formula is C13H20ClNO2. The van der Waals surface area contributed by atoms with Gasteiger partial charge in [0.2, 0.25) is 0 Å². The Labute approximate surface area is 109 Å². The molecule has 1 aliphatic rings. The van der Waals surface area contributed by atoms with Gasteiger partial charge in [0.25, 0.3) is 0 Å². The molecule has 4 heteroatoms. The zero-order valence-electron chi connectivity index (χ0n) is 10.5. The van der Waals surface area contributed by atoms with Gasteiger partial charge in [-0.1, -0.05) is 25.1 Å². The maximum atomic E-state index is 5.92. The Morgan fingerprint density at radius 2 is 2.12 bits per heavy atom. The van der Waals surface area contributed by atoms with Crippen LogP contribution in [0, 0.1) is 5.92 Å². The Bertz CT molecular complexity index is 362. The topological polar surface area (TPSA) is 30.5 Å². The zero-order valence-corrected chi connectivity index (χ0v) is 11.3. The van der Waals surface area contributed by atoms with Crippen molar-refractivity contribution in [1.29, 1.82) is 0 Å². The van der Waals surface area contributed by atoms with Crippen LogP contribution in [0.25, 0.3) is 0 Å². The largest absolute Gasteiger partial charge is 0.496 e. The summed E-state index contributed by atoms with van der Waals surface area (Å²) in [5, 5.41) is 3.43. The van der Waals surface area contributed by atoms with E-state index in [1.54, 1.807) is 7.11 Å². The van der Waals surface area contributed by atoms with Crippen LogP contribution < -0.4 is 10.1 Å². The van der Waals surface area contributed by atoms with E-state index < -0.39 is 5.72 Å². The number of benzene rings is 1. The average Bonchev–Trinajstić information content (AvgIpc) is 2.33. The molecule has 1 heterocycles. The quantitative estimate of drug-likeness (QED) is 0.883. The van der Waals surface area contributed by atoms with E-state index in [2.05, 4.69) is 19.2 Å². The molecule has 0 amide bonds. The molecule has 0 saturated carbocycles. The van der Waals surface area contributed by atoms with Gasteiger partial charge in [-0.15, -0.1) is 12.4 Å². The summed E-state index contributed by atoms with van der Waals surface area (Å²) in [5.41, 5.74) is 0.628. The predicted molar refractivity (Wildman–Crippen MR) is 70.7 cm³/mol. The molecule has 96 valence electrons. The predicted octanol–water partition coefficient (Wildman–Crippen LogP) is 2.55. The highest BCUT2D eigenvalue weighted by atomic mass is 35.5. The molecule has 0 bridgehead atoms. The second-order valence-corrected chi connectivity index (χ2v) is 4.53. The lowest BCUT2D eigenvalue weighted by Crippen LogP contribution is -2.50. The Kier molecular flexibility index (Phi) is 4.80. The first-order valence-corrected chi connectivity index (χ1v) is 5.68. The van der Waals surface area contributed by atoms with Crippen LogP contribution in [0.15, 0.2) is 24.3 Å². The smallest absolute Gasteiger partial charge is 0.146 e. The van der Waals surface area contributed by atoms with E-state index in [9.17, 15) is 0 Å². The first kappa shape index (κ1) is 14.3. The lowest BCUT2D eigenvalue weighted by atomic mass is 10.00. The SMILES string of the molecule is COc1ccccc1C1(C)NCC(C)CO1.Cl. The fourth-order valence-electron chi connectivity index (χ4n) is 2.00. The Balaban J connectivity index is 0.00000144. The number of para-hydroxylation sites is 1. The molecule has 1 N–H and O–H groups in total. The standard InChI is InChI=1S/C13H19NO2.ClH/c1-10-8-14-13(2,16-9-10)11-6-4-5-7-12(11)15-3;/h4-7,10,14H,8-9H2,1-3H3;1H. The molecule has 0 aliphatic carbocycles. The van der Waals surface area contributed by atoms with Gasteiger partial charge in [-0.25, -0.2) is 0 Å². The van der Waals surface area contributed by atoms with E-state index >= 15 is 0 Å². The molecule has 3 nitrogen and oxygen atoms in total. The third kappa shape index (κ3) is 2.92. The van der Waals surface area contributed by atoms with Crippen molar-refractivity contribution in [3.8, 4) is 5.75 Å². The number of methoxy groups -OCH3 is 1. The van der Waals surface area contributed by atoms with Gasteiger partial charge in [-0.05, 0) is 18.9 Å². The van der Waals surface area contributed by atoms with Gasteiger partial charge in [-0.3, -0.25) is 5.32 Å². The van der Waals surface area contributed by atoms with Crippen molar-refractivity contribution in [3.05, 3.63) is 29.8 Å². The fourth-order valence-corrected chi connectivity index (χ4v) is 2.00. The first-order chi connectivity index (χ1) is 7.65. The lowest BCUT2D eigenvalue weighted by Gasteiger charge is -2.38. The molecule has 1 saturated heterocycles. The van der Waals surface area contributed by atoms with Gasteiger partial charge in [0.1, 0.15) is 11.5 Å². The Morgan fingerprint density at radius 1 is 1.41 bits per heavy atom. The monoisotopic (exact) mass is 257 g/mol. The molecule has 1 aliphatic heterocycles. The Hall–Kier alpha value is -0.770. The maximum Gasteiger partial charge on any atom is 0.146 e. The van der Waals surface area contributed by atoms with Gasteiger partial charge < -0.3 is 9.47 Å². The van der Waals surface area contributed by atoms with Crippen LogP contribution in [0.5, 0.6) is 5.75 Å².